The van der Waals surface area contributed by atoms with Crippen molar-refractivity contribution in [2.24, 2.45) is 0 Å². The van der Waals surface area contributed by atoms with Gasteiger partial charge in [0.15, 0.2) is 0 Å². The SMILES string of the molecule is N#Cc1cccnc1N1CCC=C(Br)C1. The summed E-state index contributed by atoms with van der Waals surface area (Å²) in [6.45, 7) is 1.71. The summed E-state index contributed by atoms with van der Waals surface area (Å²) in [6, 6.07) is 5.76. The van der Waals surface area contributed by atoms with E-state index in [9.17, 15) is 0 Å². The van der Waals surface area contributed by atoms with Gasteiger partial charge in [-0.15, -0.1) is 0 Å². The Hall–Kier alpha value is -1.34. The number of rotatable bonds is 1. The lowest BCUT2D eigenvalue weighted by atomic mass is 10.2. The second-order valence-corrected chi connectivity index (χ2v) is 4.37. The first-order chi connectivity index (χ1) is 7.31. The fourth-order valence-corrected chi connectivity index (χ4v) is 2.15. The van der Waals surface area contributed by atoms with Crippen LogP contribution in [-0.2, 0) is 0 Å². The van der Waals surface area contributed by atoms with Crippen LogP contribution < -0.4 is 4.90 Å². The molecule has 4 heteroatoms. The average Bonchev–Trinajstić information content (AvgIpc) is 2.29. The minimum absolute atomic E-state index is 0.639. The first-order valence-corrected chi connectivity index (χ1v) is 5.55. The number of nitrogens with zero attached hydrogens (tertiary/aromatic N) is 3. The Kier molecular flexibility index (Phi) is 3.02. The van der Waals surface area contributed by atoms with E-state index >= 15 is 0 Å². The second-order valence-electron chi connectivity index (χ2n) is 3.35. The van der Waals surface area contributed by atoms with Gasteiger partial charge in [-0.1, -0.05) is 22.0 Å². The van der Waals surface area contributed by atoms with E-state index in [0.717, 1.165) is 29.8 Å². The zero-order valence-electron chi connectivity index (χ0n) is 8.15. The molecule has 0 saturated carbocycles. The maximum atomic E-state index is 8.97. The normalized spacial score (nSPS) is 15.7. The summed E-state index contributed by atoms with van der Waals surface area (Å²) in [7, 11) is 0. The molecule has 0 radical (unpaired) electrons. The molecule has 2 heterocycles. The maximum absolute atomic E-state index is 8.97. The summed E-state index contributed by atoms with van der Waals surface area (Å²) in [5.74, 6) is 0.782. The highest BCUT2D eigenvalue weighted by Crippen LogP contribution is 2.22. The molecule has 76 valence electrons. The van der Waals surface area contributed by atoms with Crippen LogP contribution in [-0.4, -0.2) is 18.1 Å². The Bertz CT molecular complexity index is 434. The molecule has 0 atom stereocenters. The van der Waals surface area contributed by atoms with Gasteiger partial charge in [0.1, 0.15) is 11.9 Å². The monoisotopic (exact) mass is 263 g/mol. The van der Waals surface area contributed by atoms with E-state index in [0.29, 0.717) is 5.56 Å². The highest BCUT2D eigenvalue weighted by molar-refractivity contribution is 9.11. The summed E-state index contributed by atoms with van der Waals surface area (Å²) in [5, 5.41) is 8.97. The molecule has 0 spiro atoms. The van der Waals surface area contributed by atoms with Crippen molar-refractivity contribution in [3.8, 4) is 6.07 Å². The van der Waals surface area contributed by atoms with E-state index in [2.05, 4.69) is 38.0 Å². The van der Waals surface area contributed by atoms with Gasteiger partial charge in [-0.3, -0.25) is 0 Å². The zero-order valence-corrected chi connectivity index (χ0v) is 9.74. The fraction of sp³-hybridized carbons (Fsp3) is 0.273. The van der Waals surface area contributed by atoms with Crippen molar-refractivity contribution in [2.45, 2.75) is 6.42 Å². The van der Waals surface area contributed by atoms with Crippen molar-refractivity contribution in [3.05, 3.63) is 34.5 Å². The van der Waals surface area contributed by atoms with E-state index in [1.54, 1.807) is 18.3 Å². The zero-order chi connectivity index (χ0) is 10.7. The van der Waals surface area contributed by atoms with Crippen molar-refractivity contribution in [3.63, 3.8) is 0 Å². The third-order valence-corrected chi connectivity index (χ3v) is 2.89. The Morgan fingerprint density at radius 2 is 2.40 bits per heavy atom. The van der Waals surface area contributed by atoms with Gasteiger partial charge < -0.3 is 4.90 Å². The van der Waals surface area contributed by atoms with Gasteiger partial charge in [-0.05, 0) is 18.6 Å². The van der Waals surface area contributed by atoms with Gasteiger partial charge in [0, 0.05) is 17.2 Å². The Labute approximate surface area is 97.2 Å². The van der Waals surface area contributed by atoms with E-state index in [4.69, 9.17) is 5.26 Å². The largest absolute Gasteiger partial charge is 0.350 e. The molecule has 0 aliphatic carbocycles. The maximum Gasteiger partial charge on any atom is 0.146 e. The average molecular weight is 264 g/mol. The highest BCUT2D eigenvalue weighted by atomic mass is 79.9. The minimum Gasteiger partial charge on any atom is -0.350 e. The molecule has 0 saturated heterocycles. The lowest BCUT2D eigenvalue weighted by Crippen LogP contribution is -2.29. The van der Waals surface area contributed by atoms with Crippen molar-refractivity contribution in [1.82, 2.24) is 4.98 Å². The minimum atomic E-state index is 0.639. The highest BCUT2D eigenvalue weighted by Gasteiger charge is 2.15. The van der Waals surface area contributed by atoms with Crippen LogP contribution in [0, 0.1) is 11.3 Å². The number of aromatic nitrogens is 1. The van der Waals surface area contributed by atoms with Crippen molar-refractivity contribution < 1.29 is 0 Å². The fourth-order valence-electron chi connectivity index (χ4n) is 1.62. The first kappa shape index (κ1) is 10.2. The molecular formula is C11H10BrN3. The van der Waals surface area contributed by atoms with Gasteiger partial charge in [0.05, 0.1) is 12.1 Å². The Morgan fingerprint density at radius 1 is 1.53 bits per heavy atom. The Balaban J connectivity index is 2.30. The molecule has 15 heavy (non-hydrogen) atoms. The van der Waals surface area contributed by atoms with Gasteiger partial charge in [0.2, 0.25) is 0 Å². The third kappa shape index (κ3) is 2.18. The van der Waals surface area contributed by atoms with Gasteiger partial charge in [0.25, 0.3) is 0 Å². The first-order valence-electron chi connectivity index (χ1n) is 4.76. The van der Waals surface area contributed by atoms with Gasteiger partial charge in [-0.2, -0.15) is 5.26 Å². The second kappa shape index (κ2) is 4.45. The number of nitriles is 1. The van der Waals surface area contributed by atoms with Crippen LogP contribution in [0.5, 0.6) is 0 Å². The van der Waals surface area contributed by atoms with Crippen molar-refractivity contribution >= 4 is 21.7 Å². The molecule has 0 bridgehead atoms. The van der Waals surface area contributed by atoms with E-state index < -0.39 is 0 Å². The van der Waals surface area contributed by atoms with Crippen LogP contribution in [0.1, 0.15) is 12.0 Å². The van der Waals surface area contributed by atoms with Crippen LogP contribution in [0.25, 0.3) is 0 Å². The molecule has 0 amide bonds. The topological polar surface area (TPSA) is 39.9 Å². The van der Waals surface area contributed by atoms with Gasteiger partial charge in [-0.25, -0.2) is 4.98 Å². The lowest BCUT2D eigenvalue weighted by molar-refractivity contribution is 0.799. The molecule has 0 unspecified atom stereocenters. The summed E-state index contributed by atoms with van der Waals surface area (Å²) in [4.78, 5) is 6.38. The standard InChI is InChI=1S/C11H10BrN3/c12-10-4-2-6-15(8-10)11-9(7-13)3-1-5-14-11/h1,3-5H,2,6,8H2. The summed E-state index contributed by atoms with van der Waals surface area (Å²) in [5.41, 5.74) is 0.639. The number of halogens is 1. The van der Waals surface area contributed by atoms with Gasteiger partial charge >= 0.3 is 0 Å². The number of pyridine rings is 1. The molecule has 0 N–H and O–H groups in total. The van der Waals surface area contributed by atoms with Crippen molar-refractivity contribution in [1.29, 1.82) is 5.26 Å². The molecule has 1 aromatic heterocycles. The smallest absolute Gasteiger partial charge is 0.146 e. The molecule has 1 aliphatic heterocycles. The predicted octanol–water partition coefficient (Wildman–Crippen LogP) is 2.44. The molecule has 2 rings (SSSR count). The molecular weight excluding hydrogens is 254 g/mol. The molecule has 3 nitrogen and oxygen atoms in total. The molecule has 1 aromatic rings. The van der Waals surface area contributed by atoms with Crippen LogP contribution in [0.15, 0.2) is 28.9 Å². The lowest BCUT2D eigenvalue weighted by Gasteiger charge is -2.26. The number of hydrogen-bond acceptors (Lipinski definition) is 3. The molecule has 1 aliphatic rings. The molecule has 0 fully saturated rings. The van der Waals surface area contributed by atoms with Crippen LogP contribution in [0.4, 0.5) is 5.82 Å². The summed E-state index contributed by atoms with van der Waals surface area (Å²) >= 11 is 3.48. The summed E-state index contributed by atoms with van der Waals surface area (Å²) < 4.78 is 1.16. The van der Waals surface area contributed by atoms with E-state index in [1.165, 1.54) is 0 Å². The van der Waals surface area contributed by atoms with Crippen LogP contribution >= 0.6 is 15.9 Å². The van der Waals surface area contributed by atoms with Crippen LogP contribution in [0.2, 0.25) is 0 Å². The molecule has 0 aromatic carbocycles. The number of hydrogen-bond donors (Lipinski definition) is 0. The quantitative estimate of drug-likeness (QED) is 0.782. The van der Waals surface area contributed by atoms with E-state index in [1.807, 2.05) is 0 Å². The summed E-state index contributed by atoms with van der Waals surface area (Å²) in [6.07, 6.45) is 4.87. The third-order valence-electron chi connectivity index (χ3n) is 2.31. The predicted molar refractivity (Wildman–Crippen MR) is 62.8 cm³/mol. The van der Waals surface area contributed by atoms with E-state index in [-0.39, 0.29) is 0 Å². The Morgan fingerprint density at radius 3 is 3.13 bits per heavy atom. The number of anilines is 1. The van der Waals surface area contributed by atoms with Crippen LogP contribution in [0.3, 0.4) is 0 Å². The van der Waals surface area contributed by atoms with Crippen molar-refractivity contribution in [2.75, 3.05) is 18.0 Å².